The highest BCUT2D eigenvalue weighted by Gasteiger charge is 2.23. The van der Waals surface area contributed by atoms with Crippen LogP contribution in [0.15, 0.2) is 16.6 Å². The fourth-order valence-electron chi connectivity index (χ4n) is 1.68. The van der Waals surface area contributed by atoms with Crippen molar-refractivity contribution in [2.75, 3.05) is 0 Å². The van der Waals surface area contributed by atoms with Gasteiger partial charge in [-0.15, -0.1) is 21.5 Å². The first kappa shape index (κ1) is 13.6. The summed E-state index contributed by atoms with van der Waals surface area (Å²) in [6.07, 6.45) is 0. The number of hydrogen-bond acceptors (Lipinski definition) is 5. The van der Waals surface area contributed by atoms with Crippen LogP contribution < -0.4 is 5.73 Å². The van der Waals surface area contributed by atoms with Gasteiger partial charge < -0.3 is 10.3 Å². The van der Waals surface area contributed by atoms with Crippen LogP contribution in [0.4, 0.5) is 0 Å². The van der Waals surface area contributed by atoms with Crippen LogP contribution in [0, 0.1) is 13.8 Å². The maximum absolute atomic E-state index is 6.13. The Morgan fingerprint density at radius 2 is 2.11 bits per heavy atom. The molecule has 2 aromatic rings. The molecule has 4 nitrogen and oxygen atoms in total. The highest BCUT2D eigenvalue weighted by Crippen LogP contribution is 2.40. The lowest BCUT2D eigenvalue weighted by atomic mass is 10.1. The summed E-state index contributed by atoms with van der Waals surface area (Å²) in [5.74, 6) is 0.920. The number of hydrogen-bond donors (Lipinski definition) is 1. The van der Waals surface area contributed by atoms with Crippen LogP contribution in [-0.4, -0.2) is 20.8 Å². The Morgan fingerprint density at radius 1 is 1.39 bits per heavy atom. The number of aryl methyl sites for hydroxylation is 2. The summed E-state index contributed by atoms with van der Waals surface area (Å²) in [5, 5.41) is 11.6. The fourth-order valence-corrected chi connectivity index (χ4v) is 4.12. The van der Waals surface area contributed by atoms with E-state index in [1.54, 1.807) is 23.1 Å². The van der Waals surface area contributed by atoms with Gasteiger partial charge in [-0.2, -0.15) is 0 Å². The van der Waals surface area contributed by atoms with Crippen molar-refractivity contribution in [1.82, 2.24) is 14.8 Å². The third kappa shape index (κ3) is 2.60. The average molecular weight is 282 g/mol. The van der Waals surface area contributed by atoms with Gasteiger partial charge in [-0.05, 0) is 37.8 Å². The Morgan fingerprint density at radius 3 is 2.56 bits per heavy atom. The third-order valence-corrected chi connectivity index (χ3v) is 5.66. The van der Waals surface area contributed by atoms with E-state index in [-0.39, 0.29) is 11.3 Å². The number of thioether (sulfide) groups is 1. The minimum Gasteiger partial charge on any atom is -0.327 e. The van der Waals surface area contributed by atoms with Gasteiger partial charge in [-0.25, -0.2) is 0 Å². The first-order chi connectivity index (χ1) is 8.50. The topological polar surface area (TPSA) is 56.7 Å². The average Bonchev–Trinajstić information content (AvgIpc) is 2.85. The molecule has 0 bridgehead atoms. The predicted octanol–water partition coefficient (Wildman–Crippen LogP) is 2.67. The molecule has 0 aliphatic rings. The molecular formula is C12H18N4S2. The Kier molecular flexibility index (Phi) is 4.09. The van der Waals surface area contributed by atoms with Crippen molar-refractivity contribution < 1.29 is 0 Å². The highest BCUT2D eigenvalue weighted by molar-refractivity contribution is 7.99. The first-order valence-electron chi connectivity index (χ1n) is 5.83. The van der Waals surface area contributed by atoms with E-state index in [2.05, 4.69) is 28.6 Å². The van der Waals surface area contributed by atoms with Gasteiger partial charge in [0.2, 0.25) is 0 Å². The summed E-state index contributed by atoms with van der Waals surface area (Å²) in [6.45, 7) is 6.12. The van der Waals surface area contributed by atoms with Crippen LogP contribution in [0.25, 0.3) is 0 Å². The molecule has 0 aliphatic heterocycles. The minimum atomic E-state index is 0.0735. The van der Waals surface area contributed by atoms with Gasteiger partial charge in [-0.3, -0.25) is 0 Å². The van der Waals surface area contributed by atoms with E-state index in [4.69, 9.17) is 5.73 Å². The number of aromatic nitrogens is 3. The van der Waals surface area contributed by atoms with Crippen molar-refractivity contribution in [3.8, 4) is 0 Å². The van der Waals surface area contributed by atoms with E-state index >= 15 is 0 Å². The van der Waals surface area contributed by atoms with Gasteiger partial charge >= 0.3 is 0 Å². The summed E-state index contributed by atoms with van der Waals surface area (Å²) < 4.78 is 2.00. The van der Waals surface area contributed by atoms with E-state index in [1.165, 1.54) is 10.4 Å². The zero-order valence-corrected chi connectivity index (χ0v) is 12.7. The maximum Gasteiger partial charge on any atom is 0.191 e. The van der Waals surface area contributed by atoms with Gasteiger partial charge in [0, 0.05) is 18.0 Å². The quantitative estimate of drug-likeness (QED) is 0.876. The van der Waals surface area contributed by atoms with Crippen molar-refractivity contribution in [1.29, 1.82) is 0 Å². The molecule has 0 spiro atoms. The predicted molar refractivity (Wildman–Crippen MR) is 77.0 cm³/mol. The lowest BCUT2D eigenvalue weighted by Crippen LogP contribution is -2.22. The van der Waals surface area contributed by atoms with E-state index in [9.17, 15) is 0 Å². The van der Waals surface area contributed by atoms with E-state index in [1.807, 2.05) is 25.5 Å². The number of thiophene rings is 1. The number of nitrogens with zero attached hydrogens (tertiary/aromatic N) is 3. The molecule has 0 saturated heterocycles. The molecule has 2 unspecified atom stereocenters. The molecule has 18 heavy (non-hydrogen) atoms. The molecule has 0 aromatic carbocycles. The van der Waals surface area contributed by atoms with Crippen LogP contribution in [0.5, 0.6) is 0 Å². The molecule has 98 valence electrons. The Bertz CT molecular complexity index is 530. The molecule has 0 amide bonds. The van der Waals surface area contributed by atoms with E-state index in [0.29, 0.717) is 0 Å². The Hall–Kier alpha value is -0.850. The Labute approximate surface area is 116 Å². The summed E-state index contributed by atoms with van der Waals surface area (Å²) in [6, 6.07) is 2.21. The van der Waals surface area contributed by atoms with Gasteiger partial charge in [0.05, 0.1) is 5.25 Å². The lowest BCUT2D eigenvalue weighted by molar-refractivity contribution is 0.711. The number of nitrogens with two attached hydrogens (primary N) is 1. The van der Waals surface area contributed by atoms with Crippen LogP contribution in [-0.2, 0) is 7.05 Å². The normalized spacial score (nSPS) is 14.7. The smallest absolute Gasteiger partial charge is 0.191 e. The Balaban J connectivity index is 2.28. The summed E-state index contributed by atoms with van der Waals surface area (Å²) in [5.41, 5.74) is 7.43. The standard InChI is InChI=1S/C12H18N4S2/c1-7-5-6-17-10(7)11(8(2)13)18-12-15-14-9(3)16(12)4/h5-6,8,11H,13H2,1-4H3. The molecular weight excluding hydrogens is 264 g/mol. The van der Waals surface area contributed by atoms with Gasteiger partial charge in [-0.1, -0.05) is 11.8 Å². The molecule has 2 N–H and O–H groups in total. The molecule has 2 aromatic heterocycles. The molecule has 0 aliphatic carbocycles. The lowest BCUT2D eigenvalue weighted by Gasteiger charge is -2.19. The molecule has 2 heterocycles. The van der Waals surface area contributed by atoms with Crippen molar-refractivity contribution >= 4 is 23.1 Å². The molecule has 0 fully saturated rings. The van der Waals surface area contributed by atoms with Crippen LogP contribution in [0.1, 0.15) is 28.4 Å². The second-order valence-electron chi connectivity index (χ2n) is 4.45. The van der Waals surface area contributed by atoms with E-state index < -0.39 is 0 Å². The minimum absolute atomic E-state index is 0.0735. The molecule has 0 saturated carbocycles. The zero-order valence-electron chi connectivity index (χ0n) is 11.0. The molecule has 2 atom stereocenters. The van der Waals surface area contributed by atoms with E-state index in [0.717, 1.165) is 11.0 Å². The molecule has 6 heteroatoms. The van der Waals surface area contributed by atoms with Gasteiger partial charge in [0.25, 0.3) is 0 Å². The SMILES string of the molecule is Cc1ccsc1C(Sc1nnc(C)n1C)C(C)N. The van der Waals surface area contributed by atoms with Crippen LogP contribution in [0.2, 0.25) is 0 Å². The van der Waals surface area contributed by atoms with Crippen LogP contribution >= 0.6 is 23.1 Å². The van der Waals surface area contributed by atoms with Crippen molar-refractivity contribution in [2.24, 2.45) is 12.8 Å². The first-order valence-corrected chi connectivity index (χ1v) is 7.59. The molecule has 0 radical (unpaired) electrons. The zero-order chi connectivity index (χ0) is 13.3. The molecule has 2 rings (SSSR count). The summed E-state index contributed by atoms with van der Waals surface area (Å²) in [7, 11) is 1.98. The van der Waals surface area contributed by atoms with Gasteiger partial charge in [0.1, 0.15) is 5.82 Å². The third-order valence-electron chi connectivity index (χ3n) is 2.92. The second kappa shape index (κ2) is 5.42. The van der Waals surface area contributed by atoms with Crippen molar-refractivity contribution in [3.05, 3.63) is 27.7 Å². The second-order valence-corrected chi connectivity index (χ2v) is 6.51. The largest absolute Gasteiger partial charge is 0.327 e. The highest BCUT2D eigenvalue weighted by atomic mass is 32.2. The maximum atomic E-state index is 6.13. The van der Waals surface area contributed by atoms with Gasteiger partial charge in [0.15, 0.2) is 5.16 Å². The summed E-state index contributed by atoms with van der Waals surface area (Å²) in [4.78, 5) is 1.33. The number of rotatable bonds is 4. The fraction of sp³-hybridized carbons (Fsp3) is 0.500. The van der Waals surface area contributed by atoms with Crippen molar-refractivity contribution in [3.63, 3.8) is 0 Å². The van der Waals surface area contributed by atoms with Crippen molar-refractivity contribution in [2.45, 2.75) is 37.2 Å². The monoisotopic (exact) mass is 282 g/mol. The summed E-state index contributed by atoms with van der Waals surface area (Å²) >= 11 is 3.45. The van der Waals surface area contributed by atoms with Crippen LogP contribution in [0.3, 0.4) is 0 Å².